The standard InChI is InChI=1S/C25H41NO5/c1-16(2)19(14-21-22(27)15-20(17(3)4)25(28)26-21)12-18-8-9-23(30-6)24(13-18)31-11-7-10-29-5/h8-9,13,16-17,19-22,27H,7,10-12,14-15H2,1-6H3,(H,26,28)/t19-,20-,21-,22-/m0/s1. The highest BCUT2D eigenvalue weighted by atomic mass is 16.5. The van der Waals surface area contributed by atoms with Crippen molar-refractivity contribution in [2.75, 3.05) is 27.4 Å². The van der Waals surface area contributed by atoms with E-state index >= 15 is 0 Å². The molecule has 31 heavy (non-hydrogen) atoms. The Kier molecular flexibility index (Phi) is 10.1. The summed E-state index contributed by atoms with van der Waals surface area (Å²) < 4.78 is 16.5. The van der Waals surface area contributed by atoms with Crippen molar-refractivity contribution < 1.29 is 24.1 Å². The quantitative estimate of drug-likeness (QED) is 0.488. The smallest absolute Gasteiger partial charge is 0.223 e. The lowest BCUT2D eigenvalue weighted by atomic mass is 9.78. The molecule has 1 saturated heterocycles. The van der Waals surface area contributed by atoms with Gasteiger partial charge in [0.2, 0.25) is 5.91 Å². The first kappa shape index (κ1) is 25.5. The van der Waals surface area contributed by atoms with Crippen molar-refractivity contribution in [2.45, 2.75) is 65.5 Å². The van der Waals surface area contributed by atoms with E-state index in [0.29, 0.717) is 31.5 Å². The summed E-state index contributed by atoms with van der Waals surface area (Å²) in [5.41, 5.74) is 1.16. The monoisotopic (exact) mass is 435 g/mol. The molecule has 6 heteroatoms. The number of aliphatic hydroxyl groups excluding tert-OH is 1. The molecular formula is C25H41NO5. The van der Waals surface area contributed by atoms with Gasteiger partial charge in [0.15, 0.2) is 11.5 Å². The molecule has 0 unspecified atom stereocenters. The molecule has 0 aromatic heterocycles. The molecular weight excluding hydrogens is 394 g/mol. The summed E-state index contributed by atoms with van der Waals surface area (Å²) in [6.45, 7) is 9.69. The molecule has 1 amide bonds. The molecule has 1 aliphatic heterocycles. The molecule has 0 aliphatic carbocycles. The van der Waals surface area contributed by atoms with Gasteiger partial charge in [-0.1, -0.05) is 33.8 Å². The Morgan fingerprint density at radius 2 is 1.87 bits per heavy atom. The number of amides is 1. The molecule has 0 bridgehead atoms. The number of nitrogens with one attached hydrogen (secondary N) is 1. The second-order valence-electron chi connectivity index (χ2n) is 9.39. The fourth-order valence-electron chi connectivity index (χ4n) is 4.27. The predicted molar refractivity (Wildman–Crippen MR) is 123 cm³/mol. The van der Waals surface area contributed by atoms with E-state index in [4.69, 9.17) is 14.2 Å². The Morgan fingerprint density at radius 3 is 2.48 bits per heavy atom. The van der Waals surface area contributed by atoms with Gasteiger partial charge < -0.3 is 24.6 Å². The van der Waals surface area contributed by atoms with Crippen LogP contribution >= 0.6 is 0 Å². The lowest BCUT2D eigenvalue weighted by molar-refractivity contribution is -0.133. The number of hydrogen-bond donors (Lipinski definition) is 2. The van der Waals surface area contributed by atoms with E-state index in [9.17, 15) is 9.90 Å². The van der Waals surface area contributed by atoms with Crippen molar-refractivity contribution in [2.24, 2.45) is 23.7 Å². The number of carbonyl (C=O) groups is 1. The molecule has 1 aromatic carbocycles. The summed E-state index contributed by atoms with van der Waals surface area (Å²) in [4.78, 5) is 12.5. The van der Waals surface area contributed by atoms with Crippen molar-refractivity contribution >= 4 is 5.91 Å². The number of carbonyl (C=O) groups excluding carboxylic acids is 1. The van der Waals surface area contributed by atoms with Crippen molar-refractivity contribution in [3.63, 3.8) is 0 Å². The minimum absolute atomic E-state index is 0.0731. The summed E-state index contributed by atoms with van der Waals surface area (Å²) in [5, 5.41) is 13.8. The minimum atomic E-state index is -0.498. The average molecular weight is 436 g/mol. The van der Waals surface area contributed by atoms with E-state index < -0.39 is 6.10 Å². The fraction of sp³-hybridized carbons (Fsp3) is 0.720. The maximum Gasteiger partial charge on any atom is 0.223 e. The van der Waals surface area contributed by atoms with Gasteiger partial charge in [-0.3, -0.25) is 4.79 Å². The van der Waals surface area contributed by atoms with Gasteiger partial charge in [0.1, 0.15) is 0 Å². The summed E-state index contributed by atoms with van der Waals surface area (Å²) >= 11 is 0. The molecule has 4 atom stereocenters. The first-order chi connectivity index (χ1) is 14.8. The largest absolute Gasteiger partial charge is 0.493 e. The zero-order chi connectivity index (χ0) is 23.0. The molecule has 0 saturated carbocycles. The topological polar surface area (TPSA) is 77.0 Å². The number of hydrogen-bond acceptors (Lipinski definition) is 5. The molecule has 176 valence electrons. The van der Waals surface area contributed by atoms with Gasteiger partial charge in [0, 0.05) is 26.1 Å². The molecule has 2 rings (SSSR count). The van der Waals surface area contributed by atoms with Gasteiger partial charge in [-0.2, -0.15) is 0 Å². The fourth-order valence-corrected chi connectivity index (χ4v) is 4.27. The Hall–Kier alpha value is -1.79. The molecule has 2 N–H and O–H groups in total. The van der Waals surface area contributed by atoms with Crippen molar-refractivity contribution in [1.29, 1.82) is 0 Å². The van der Waals surface area contributed by atoms with Crippen molar-refractivity contribution in [1.82, 2.24) is 5.32 Å². The van der Waals surface area contributed by atoms with E-state index in [0.717, 1.165) is 36.3 Å². The van der Waals surface area contributed by atoms with Crippen molar-refractivity contribution in [3.05, 3.63) is 23.8 Å². The maximum absolute atomic E-state index is 12.5. The van der Waals surface area contributed by atoms with Gasteiger partial charge in [-0.25, -0.2) is 0 Å². The minimum Gasteiger partial charge on any atom is -0.493 e. The first-order valence-electron chi connectivity index (χ1n) is 11.5. The molecule has 6 nitrogen and oxygen atoms in total. The number of piperidine rings is 1. The molecule has 1 fully saturated rings. The number of rotatable bonds is 12. The second kappa shape index (κ2) is 12.3. The zero-order valence-electron chi connectivity index (χ0n) is 20.0. The lowest BCUT2D eigenvalue weighted by Gasteiger charge is -2.37. The highest BCUT2D eigenvalue weighted by Crippen LogP contribution is 2.33. The van der Waals surface area contributed by atoms with Crippen LogP contribution in [0.3, 0.4) is 0 Å². The Balaban J connectivity index is 2.06. The van der Waals surface area contributed by atoms with Gasteiger partial charge in [-0.15, -0.1) is 0 Å². The summed E-state index contributed by atoms with van der Waals surface area (Å²) in [6.07, 6.45) is 2.46. The van der Waals surface area contributed by atoms with Crippen LogP contribution in [0.15, 0.2) is 18.2 Å². The summed E-state index contributed by atoms with van der Waals surface area (Å²) in [7, 11) is 3.33. The van der Waals surface area contributed by atoms with Crippen LogP contribution in [0.5, 0.6) is 11.5 Å². The van der Waals surface area contributed by atoms with Gasteiger partial charge in [0.25, 0.3) is 0 Å². The molecule has 1 heterocycles. The van der Waals surface area contributed by atoms with Crippen LogP contribution < -0.4 is 14.8 Å². The van der Waals surface area contributed by atoms with Gasteiger partial charge >= 0.3 is 0 Å². The molecule has 0 radical (unpaired) electrons. The summed E-state index contributed by atoms with van der Waals surface area (Å²) in [5.74, 6) is 2.40. The van der Waals surface area contributed by atoms with Crippen LogP contribution in [0.2, 0.25) is 0 Å². The van der Waals surface area contributed by atoms with Crippen LogP contribution in [0.1, 0.15) is 52.5 Å². The van der Waals surface area contributed by atoms with Crippen LogP contribution in [-0.4, -0.2) is 50.6 Å². The van der Waals surface area contributed by atoms with E-state index in [1.54, 1.807) is 14.2 Å². The maximum atomic E-state index is 12.5. The predicted octanol–water partition coefficient (Wildman–Crippen LogP) is 3.84. The van der Waals surface area contributed by atoms with Gasteiger partial charge in [-0.05, 0) is 54.7 Å². The van der Waals surface area contributed by atoms with E-state index in [1.165, 1.54) is 0 Å². The number of ether oxygens (including phenoxy) is 3. The third-order valence-electron chi connectivity index (χ3n) is 6.40. The van der Waals surface area contributed by atoms with Crippen LogP contribution in [-0.2, 0) is 16.0 Å². The average Bonchev–Trinajstić information content (AvgIpc) is 2.72. The first-order valence-corrected chi connectivity index (χ1v) is 11.5. The highest BCUT2D eigenvalue weighted by molar-refractivity contribution is 5.80. The van der Waals surface area contributed by atoms with E-state index in [2.05, 4.69) is 25.2 Å². The molecule has 1 aromatic rings. The highest BCUT2D eigenvalue weighted by Gasteiger charge is 2.37. The SMILES string of the molecule is COCCCOc1cc(C[C@@H](C[C@@H]2NC(=O)[C@H](C(C)C)C[C@@H]2O)C(C)C)ccc1OC. The number of benzene rings is 1. The number of methoxy groups -OCH3 is 2. The van der Waals surface area contributed by atoms with Crippen LogP contribution in [0.4, 0.5) is 0 Å². The normalized spacial score (nSPS) is 22.5. The van der Waals surface area contributed by atoms with Gasteiger partial charge in [0.05, 0.1) is 25.9 Å². The third kappa shape index (κ3) is 7.39. The molecule has 0 spiro atoms. The summed E-state index contributed by atoms with van der Waals surface area (Å²) in [6, 6.07) is 5.87. The molecule has 1 aliphatic rings. The van der Waals surface area contributed by atoms with E-state index in [1.807, 2.05) is 26.0 Å². The van der Waals surface area contributed by atoms with Crippen LogP contribution in [0.25, 0.3) is 0 Å². The third-order valence-corrected chi connectivity index (χ3v) is 6.40. The second-order valence-corrected chi connectivity index (χ2v) is 9.39. The Morgan fingerprint density at radius 1 is 1.13 bits per heavy atom. The van der Waals surface area contributed by atoms with Crippen molar-refractivity contribution in [3.8, 4) is 11.5 Å². The lowest BCUT2D eigenvalue weighted by Crippen LogP contribution is -2.54. The van der Waals surface area contributed by atoms with E-state index in [-0.39, 0.29) is 23.8 Å². The zero-order valence-corrected chi connectivity index (χ0v) is 20.0. The Labute approximate surface area is 187 Å². The Bertz CT molecular complexity index is 690. The number of aliphatic hydroxyl groups is 1. The van der Waals surface area contributed by atoms with Crippen LogP contribution in [0, 0.1) is 23.7 Å².